The Morgan fingerprint density at radius 1 is 0.587 bits per heavy atom. The number of hydrogen-bond donors (Lipinski definition) is 6. The van der Waals surface area contributed by atoms with Crippen molar-refractivity contribution in [3.8, 4) is 22.8 Å². The van der Waals surface area contributed by atoms with E-state index in [1.54, 1.807) is 0 Å². The molecule has 0 aliphatic heterocycles. The Labute approximate surface area is 270 Å². The fourth-order valence-electron chi connectivity index (χ4n) is 5.54. The number of benzene rings is 4. The summed E-state index contributed by atoms with van der Waals surface area (Å²) in [6, 6.07) is 29.1. The largest absolute Gasteiger partial charge is 0.370 e. The first kappa shape index (κ1) is 30.8. The predicted molar refractivity (Wildman–Crippen MR) is 190 cm³/mol. The summed E-state index contributed by atoms with van der Waals surface area (Å²) >= 11 is 0. The zero-order valence-corrected chi connectivity index (χ0v) is 26.6. The molecule has 0 aliphatic rings. The molecule has 4 aromatic carbocycles. The van der Waals surface area contributed by atoms with Crippen LogP contribution < -0.4 is 10.6 Å². The highest BCUT2D eigenvalue weighted by atomic mass is 14.9. The number of rotatable bonds is 13. The highest BCUT2D eigenvalue weighted by Gasteiger charge is 2.10. The molecule has 0 aliphatic carbocycles. The van der Waals surface area contributed by atoms with Gasteiger partial charge in [-0.2, -0.15) is 0 Å². The van der Waals surface area contributed by atoms with Crippen LogP contribution in [-0.4, -0.2) is 44.7 Å². The molecule has 0 amide bonds. The molecule has 6 N–H and O–H groups in total. The summed E-state index contributed by atoms with van der Waals surface area (Å²) in [6.45, 7) is 5.93. The van der Waals surface area contributed by atoms with E-state index in [-0.39, 0.29) is 0 Å². The van der Waals surface area contributed by atoms with Gasteiger partial charge in [-0.05, 0) is 73.2 Å². The molecule has 0 spiro atoms. The highest BCUT2D eigenvalue weighted by Crippen LogP contribution is 2.24. The molecule has 234 valence electrons. The average molecular weight is 611 g/mol. The Morgan fingerprint density at radius 2 is 1.00 bits per heavy atom. The van der Waals surface area contributed by atoms with Gasteiger partial charge in [0.05, 0.1) is 22.1 Å². The maximum Gasteiger partial charge on any atom is 0.138 e. The number of aromatic nitrogens is 4. The van der Waals surface area contributed by atoms with E-state index in [1.165, 1.54) is 11.1 Å². The van der Waals surface area contributed by atoms with E-state index in [9.17, 15) is 0 Å². The van der Waals surface area contributed by atoms with Gasteiger partial charge in [0.1, 0.15) is 23.3 Å². The van der Waals surface area contributed by atoms with Gasteiger partial charge in [0.15, 0.2) is 0 Å². The number of hydrogen-bond acceptors (Lipinski definition) is 4. The van der Waals surface area contributed by atoms with Crippen LogP contribution in [0.25, 0.3) is 44.8 Å². The lowest BCUT2D eigenvalue weighted by Crippen LogP contribution is -2.24. The van der Waals surface area contributed by atoms with E-state index in [4.69, 9.17) is 20.8 Å². The summed E-state index contributed by atoms with van der Waals surface area (Å²) in [6.07, 6.45) is 6.21. The minimum Gasteiger partial charge on any atom is -0.370 e. The van der Waals surface area contributed by atoms with Crippen molar-refractivity contribution in [2.24, 2.45) is 0 Å². The number of unbranched alkanes of at least 4 members (excludes halogenated alkanes) is 2. The first-order valence-corrected chi connectivity index (χ1v) is 16.3. The molecule has 8 nitrogen and oxygen atoms in total. The van der Waals surface area contributed by atoms with Crippen LogP contribution in [-0.2, 0) is 12.8 Å². The van der Waals surface area contributed by atoms with Crippen molar-refractivity contribution in [3.63, 3.8) is 0 Å². The van der Waals surface area contributed by atoms with Crippen molar-refractivity contribution in [1.29, 1.82) is 10.8 Å². The van der Waals surface area contributed by atoms with E-state index in [0.717, 1.165) is 108 Å². The van der Waals surface area contributed by atoms with Crippen molar-refractivity contribution >= 4 is 33.7 Å². The standard InChI is InChI=1S/C38H42N8/c1-3-5-21-41-35(39)29-17-19-31-33(23-29)45-37(43-31)27-13-9-25(10-14-27)7-8-26-11-15-28(16-12-26)38-44-32-20-18-30(24-34(32)46-38)36(40)42-22-6-4-2/h9-20,23-24H,3-8,21-22H2,1-2H3,(H2,39,41)(H2,40,42)(H,43,45)(H,44,46). The minimum atomic E-state index is 0.447. The molecule has 0 saturated heterocycles. The molecule has 0 atom stereocenters. The number of imidazole rings is 2. The van der Waals surface area contributed by atoms with Gasteiger partial charge in [-0.3, -0.25) is 10.8 Å². The number of nitrogens with one attached hydrogen (secondary N) is 6. The van der Waals surface area contributed by atoms with Crippen LogP contribution in [0.1, 0.15) is 61.8 Å². The third-order valence-electron chi connectivity index (χ3n) is 8.36. The molecule has 0 fully saturated rings. The summed E-state index contributed by atoms with van der Waals surface area (Å²) in [4.78, 5) is 16.5. The van der Waals surface area contributed by atoms with E-state index in [1.807, 2.05) is 36.4 Å². The molecular formula is C38H42N8. The molecule has 46 heavy (non-hydrogen) atoms. The van der Waals surface area contributed by atoms with Crippen LogP contribution in [0.15, 0.2) is 84.9 Å². The Balaban J connectivity index is 1.06. The molecule has 2 heterocycles. The number of aryl methyl sites for hydroxylation is 2. The van der Waals surface area contributed by atoms with Crippen molar-refractivity contribution < 1.29 is 0 Å². The smallest absolute Gasteiger partial charge is 0.138 e. The predicted octanol–water partition coefficient (Wildman–Crippen LogP) is 7.99. The van der Waals surface area contributed by atoms with Crippen LogP contribution in [0, 0.1) is 10.8 Å². The van der Waals surface area contributed by atoms with E-state index < -0.39 is 0 Å². The van der Waals surface area contributed by atoms with Crippen LogP contribution >= 0.6 is 0 Å². The Kier molecular flexibility index (Phi) is 9.53. The normalized spacial score (nSPS) is 11.3. The third-order valence-corrected chi connectivity index (χ3v) is 8.36. The number of nitrogens with zero attached hydrogens (tertiary/aromatic N) is 2. The lowest BCUT2D eigenvalue weighted by atomic mass is 10.0. The average Bonchev–Trinajstić information content (AvgIpc) is 3.72. The second-order valence-electron chi connectivity index (χ2n) is 11.8. The second-order valence-corrected chi connectivity index (χ2v) is 11.8. The number of fused-ring (bicyclic) bond motifs is 2. The van der Waals surface area contributed by atoms with Crippen molar-refractivity contribution in [2.75, 3.05) is 13.1 Å². The van der Waals surface area contributed by atoms with Crippen molar-refractivity contribution in [2.45, 2.75) is 52.4 Å². The van der Waals surface area contributed by atoms with Gasteiger partial charge in [0.25, 0.3) is 0 Å². The number of amidine groups is 2. The van der Waals surface area contributed by atoms with E-state index in [2.05, 4.69) is 83.0 Å². The molecule has 6 rings (SSSR count). The van der Waals surface area contributed by atoms with Gasteiger partial charge in [0, 0.05) is 35.3 Å². The van der Waals surface area contributed by atoms with Gasteiger partial charge in [-0.15, -0.1) is 0 Å². The fraction of sp³-hybridized carbons (Fsp3) is 0.263. The van der Waals surface area contributed by atoms with Crippen molar-refractivity contribution in [3.05, 3.63) is 107 Å². The lowest BCUT2D eigenvalue weighted by Gasteiger charge is -2.07. The zero-order valence-electron chi connectivity index (χ0n) is 26.6. The molecular weight excluding hydrogens is 568 g/mol. The molecule has 8 heteroatoms. The third kappa shape index (κ3) is 7.18. The minimum absolute atomic E-state index is 0.447. The first-order valence-electron chi connectivity index (χ1n) is 16.3. The van der Waals surface area contributed by atoms with Crippen LogP contribution in [0.2, 0.25) is 0 Å². The summed E-state index contributed by atoms with van der Waals surface area (Å²) < 4.78 is 0. The lowest BCUT2D eigenvalue weighted by molar-refractivity contribution is 0.753. The Hall–Kier alpha value is -5.24. The van der Waals surface area contributed by atoms with Crippen molar-refractivity contribution in [1.82, 2.24) is 30.6 Å². The maximum atomic E-state index is 8.33. The van der Waals surface area contributed by atoms with Crippen LogP contribution in [0.3, 0.4) is 0 Å². The molecule has 2 aromatic heterocycles. The van der Waals surface area contributed by atoms with E-state index in [0.29, 0.717) is 11.7 Å². The van der Waals surface area contributed by atoms with Gasteiger partial charge in [-0.1, -0.05) is 75.2 Å². The number of H-pyrrole nitrogens is 2. The molecule has 0 radical (unpaired) electrons. The molecule has 6 aromatic rings. The molecule has 0 saturated carbocycles. The van der Waals surface area contributed by atoms with Crippen LogP contribution in [0.5, 0.6) is 0 Å². The van der Waals surface area contributed by atoms with Gasteiger partial charge in [-0.25, -0.2) is 9.97 Å². The summed E-state index contributed by atoms with van der Waals surface area (Å²) in [5.74, 6) is 2.57. The summed E-state index contributed by atoms with van der Waals surface area (Å²) in [5, 5.41) is 23.1. The van der Waals surface area contributed by atoms with E-state index >= 15 is 0 Å². The van der Waals surface area contributed by atoms with Gasteiger partial charge in [0.2, 0.25) is 0 Å². The molecule has 0 unspecified atom stereocenters. The SMILES string of the molecule is CCCCNC(=N)c1ccc2nc(-c3ccc(CCc4ccc(-c5nc6ccc(C(=N)NCCCC)cc6[nH]5)cc4)cc3)[nH]c2c1. The monoisotopic (exact) mass is 610 g/mol. The summed E-state index contributed by atoms with van der Waals surface area (Å²) in [7, 11) is 0. The van der Waals surface area contributed by atoms with Gasteiger partial charge < -0.3 is 20.6 Å². The topological polar surface area (TPSA) is 129 Å². The van der Waals surface area contributed by atoms with Gasteiger partial charge >= 0.3 is 0 Å². The fourth-order valence-corrected chi connectivity index (χ4v) is 5.54. The second kappa shape index (κ2) is 14.2. The molecule has 0 bridgehead atoms. The Morgan fingerprint density at radius 3 is 1.39 bits per heavy atom. The Bertz CT molecular complexity index is 1800. The maximum absolute atomic E-state index is 8.33. The quantitative estimate of drug-likeness (QED) is 0.0450. The first-order chi connectivity index (χ1) is 22.5. The highest BCUT2D eigenvalue weighted by molar-refractivity contribution is 6.00. The number of aromatic amines is 2. The zero-order chi connectivity index (χ0) is 31.9. The summed E-state index contributed by atoms with van der Waals surface area (Å²) in [5.41, 5.74) is 10.0. The van der Waals surface area contributed by atoms with Crippen LogP contribution in [0.4, 0.5) is 0 Å².